The number of nitrogens with one attached hydrogen (secondary N) is 2. The molecule has 0 saturated carbocycles. The third-order valence-electron chi connectivity index (χ3n) is 5.72. The van der Waals surface area contributed by atoms with Crippen LogP contribution < -0.4 is 10.6 Å². The van der Waals surface area contributed by atoms with Gasteiger partial charge in [-0.1, -0.05) is 35.3 Å². The summed E-state index contributed by atoms with van der Waals surface area (Å²) in [5.74, 6) is -0.701. The highest BCUT2D eigenvalue weighted by Crippen LogP contribution is 2.25. The predicted molar refractivity (Wildman–Crippen MR) is 136 cm³/mol. The average molecular weight is 518 g/mol. The number of pyridine rings is 1. The molecule has 178 valence electrons. The van der Waals surface area contributed by atoms with E-state index >= 15 is 0 Å². The second-order valence-corrected chi connectivity index (χ2v) is 10.3. The molecule has 1 aliphatic rings. The van der Waals surface area contributed by atoms with Crippen LogP contribution in [0.1, 0.15) is 44.2 Å². The highest BCUT2D eigenvalue weighted by atomic mass is 35.5. The number of aromatic nitrogens is 1. The van der Waals surface area contributed by atoms with Crippen molar-refractivity contribution in [3.05, 3.63) is 79.1 Å². The standard InChI is InChI=1S/C25H25Cl2N3O3S/c26-19-7-2-8-20(27)22(19)24(31)30-21(25(32)33)14-18-12-11-17(34-18)6-1-5-16-10-9-15-4-3-13-28-23(15)29-16/h2,7-12,21H,1,3-6,13-14H2,(H,28,29)(H,30,31)(H,32,33)/t21-/m0/s1. The summed E-state index contributed by atoms with van der Waals surface area (Å²) in [6.45, 7) is 0.977. The van der Waals surface area contributed by atoms with Crippen LogP contribution in [0, 0.1) is 0 Å². The molecule has 34 heavy (non-hydrogen) atoms. The van der Waals surface area contributed by atoms with Crippen molar-refractivity contribution >= 4 is 52.2 Å². The minimum atomic E-state index is -1.11. The molecule has 2 aromatic heterocycles. The van der Waals surface area contributed by atoms with E-state index < -0.39 is 17.9 Å². The van der Waals surface area contributed by atoms with Gasteiger partial charge in [-0.05, 0) is 68.0 Å². The number of aliphatic carboxylic acids is 1. The molecule has 9 heteroatoms. The van der Waals surface area contributed by atoms with Crippen LogP contribution in [0.5, 0.6) is 0 Å². The van der Waals surface area contributed by atoms with Gasteiger partial charge in [-0.25, -0.2) is 9.78 Å². The van der Waals surface area contributed by atoms with E-state index in [4.69, 9.17) is 28.2 Å². The normalized spacial score (nSPS) is 13.6. The fourth-order valence-electron chi connectivity index (χ4n) is 3.96. The Bertz CT molecular complexity index is 1180. The zero-order valence-corrected chi connectivity index (χ0v) is 20.8. The largest absolute Gasteiger partial charge is 0.480 e. The Kier molecular flexibility index (Phi) is 8.08. The van der Waals surface area contributed by atoms with E-state index in [0.717, 1.165) is 55.0 Å². The summed E-state index contributed by atoms with van der Waals surface area (Å²) in [7, 11) is 0. The third kappa shape index (κ3) is 6.09. The number of nitrogens with zero attached hydrogens (tertiary/aromatic N) is 1. The Morgan fingerprint density at radius 2 is 1.85 bits per heavy atom. The Morgan fingerprint density at radius 1 is 1.09 bits per heavy atom. The highest BCUT2D eigenvalue weighted by Gasteiger charge is 2.24. The van der Waals surface area contributed by atoms with Crippen molar-refractivity contribution in [2.45, 2.75) is 44.6 Å². The summed E-state index contributed by atoms with van der Waals surface area (Å²) in [5, 5.41) is 15.9. The number of benzene rings is 1. The highest BCUT2D eigenvalue weighted by molar-refractivity contribution is 7.12. The van der Waals surface area contributed by atoms with Crippen LogP contribution in [0.25, 0.3) is 0 Å². The molecule has 0 aliphatic carbocycles. The SMILES string of the molecule is O=C(N[C@@H](Cc1ccc(CCCc2ccc3c(n2)NCCC3)s1)C(=O)O)c1c(Cl)cccc1Cl. The van der Waals surface area contributed by atoms with Crippen LogP contribution in [0.15, 0.2) is 42.5 Å². The van der Waals surface area contributed by atoms with E-state index in [9.17, 15) is 14.7 Å². The number of thiophene rings is 1. The lowest BCUT2D eigenvalue weighted by Crippen LogP contribution is -2.42. The second-order valence-electron chi connectivity index (χ2n) is 8.23. The first-order valence-electron chi connectivity index (χ1n) is 11.2. The van der Waals surface area contributed by atoms with E-state index in [-0.39, 0.29) is 22.0 Å². The molecular weight excluding hydrogens is 493 g/mol. The van der Waals surface area contributed by atoms with Crippen molar-refractivity contribution < 1.29 is 14.7 Å². The minimum Gasteiger partial charge on any atom is -0.480 e. The summed E-state index contributed by atoms with van der Waals surface area (Å²) in [5.41, 5.74) is 2.45. The van der Waals surface area contributed by atoms with Gasteiger partial charge in [0.1, 0.15) is 11.9 Å². The Labute approximate surface area is 212 Å². The van der Waals surface area contributed by atoms with Gasteiger partial charge < -0.3 is 15.7 Å². The van der Waals surface area contributed by atoms with E-state index in [2.05, 4.69) is 22.8 Å². The van der Waals surface area contributed by atoms with Gasteiger partial charge in [0.25, 0.3) is 5.91 Å². The van der Waals surface area contributed by atoms with Gasteiger partial charge in [0.15, 0.2) is 0 Å². The zero-order chi connectivity index (χ0) is 24.1. The number of anilines is 1. The number of fused-ring (bicyclic) bond motifs is 1. The number of hydrogen-bond acceptors (Lipinski definition) is 5. The predicted octanol–water partition coefficient (Wildman–Crippen LogP) is 5.41. The molecule has 0 fully saturated rings. The number of carboxylic acids is 1. The van der Waals surface area contributed by atoms with Gasteiger partial charge in [0.05, 0.1) is 15.6 Å². The molecule has 1 aliphatic heterocycles. The van der Waals surface area contributed by atoms with Gasteiger partial charge in [0.2, 0.25) is 0 Å². The molecule has 1 atom stereocenters. The number of amides is 1. The smallest absolute Gasteiger partial charge is 0.326 e. The van der Waals surface area contributed by atoms with E-state index in [1.54, 1.807) is 29.5 Å². The molecule has 0 spiro atoms. The summed E-state index contributed by atoms with van der Waals surface area (Å²) in [4.78, 5) is 31.2. The maximum Gasteiger partial charge on any atom is 0.326 e. The number of carboxylic acid groups (broad SMARTS) is 1. The van der Waals surface area contributed by atoms with Crippen LogP contribution in [-0.2, 0) is 30.5 Å². The Balaban J connectivity index is 1.32. The van der Waals surface area contributed by atoms with Crippen LogP contribution in [0.3, 0.4) is 0 Å². The zero-order valence-electron chi connectivity index (χ0n) is 18.4. The molecule has 0 radical (unpaired) electrons. The van der Waals surface area contributed by atoms with Crippen molar-refractivity contribution in [1.29, 1.82) is 0 Å². The maximum absolute atomic E-state index is 12.6. The molecular formula is C25H25Cl2N3O3S. The summed E-state index contributed by atoms with van der Waals surface area (Å²) < 4.78 is 0. The molecule has 0 bridgehead atoms. The summed E-state index contributed by atoms with van der Waals surface area (Å²) >= 11 is 13.7. The van der Waals surface area contributed by atoms with Crippen LogP contribution in [-0.4, -0.2) is 34.6 Å². The van der Waals surface area contributed by atoms with E-state index in [0.29, 0.717) is 0 Å². The molecule has 0 unspecified atom stereocenters. The fourth-order valence-corrected chi connectivity index (χ4v) is 5.64. The number of hydrogen-bond donors (Lipinski definition) is 3. The summed E-state index contributed by atoms with van der Waals surface area (Å²) in [6.07, 6.45) is 5.14. The molecule has 6 nitrogen and oxygen atoms in total. The maximum atomic E-state index is 12.6. The lowest BCUT2D eigenvalue weighted by molar-refractivity contribution is -0.139. The minimum absolute atomic E-state index is 0.0786. The third-order valence-corrected chi connectivity index (χ3v) is 7.52. The second kappa shape index (κ2) is 11.2. The molecule has 0 saturated heterocycles. The van der Waals surface area contributed by atoms with E-state index in [1.807, 2.05) is 12.1 Å². The van der Waals surface area contributed by atoms with Crippen molar-refractivity contribution in [2.24, 2.45) is 0 Å². The molecule has 1 aromatic carbocycles. The molecule has 1 amide bonds. The molecule has 3 aromatic rings. The Hall–Kier alpha value is -2.61. The van der Waals surface area contributed by atoms with E-state index in [1.165, 1.54) is 10.4 Å². The Morgan fingerprint density at radius 3 is 2.62 bits per heavy atom. The van der Waals surface area contributed by atoms with Gasteiger partial charge in [-0.2, -0.15) is 0 Å². The average Bonchev–Trinajstić information content (AvgIpc) is 3.25. The topological polar surface area (TPSA) is 91.3 Å². The number of carbonyl (C=O) groups excluding carboxylic acids is 1. The van der Waals surface area contributed by atoms with Crippen molar-refractivity contribution in [2.75, 3.05) is 11.9 Å². The van der Waals surface area contributed by atoms with Crippen molar-refractivity contribution in [3.8, 4) is 0 Å². The van der Waals surface area contributed by atoms with Gasteiger partial charge >= 0.3 is 5.97 Å². The lowest BCUT2D eigenvalue weighted by atomic mass is 10.1. The monoisotopic (exact) mass is 517 g/mol. The van der Waals surface area contributed by atoms with Gasteiger partial charge in [-0.3, -0.25) is 4.79 Å². The van der Waals surface area contributed by atoms with Gasteiger partial charge in [0, 0.05) is 28.4 Å². The molecule has 3 N–H and O–H groups in total. The van der Waals surface area contributed by atoms with Crippen molar-refractivity contribution in [1.82, 2.24) is 10.3 Å². The van der Waals surface area contributed by atoms with Gasteiger partial charge in [-0.15, -0.1) is 11.3 Å². The lowest BCUT2D eigenvalue weighted by Gasteiger charge is -2.17. The van der Waals surface area contributed by atoms with Crippen LogP contribution in [0.2, 0.25) is 10.0 Å². The first-order valence-corrected chi connectivity index (χ1v) is 12.8. The first kappa shape index (κ1) is 24.5. The van der Waals surface area contributed by atoms with Crippen molar-refractivity contribution in [3.63, 3.8) is 0 Å². The number of halogens is 2. The van der Waals surface area contributed by atoms with Crippen LogP contribution >= 0.6 is 34.5 Å². The molecule has 4 rings (SSSR count). The summed E-state index contributed by atoms with van der Waals surface area (Å²) in [6, 6.07) is 11.8. The fraction of sp³-hybridized carbons (Fsp3) is 0.320. The van der Waals surface area contributed by atoms with Crippen LogP contribution in [0.4, 0.5) is 5.82 Å². The first-order chi connectivity index (χ1) is 16.4. The molecule has 3 heterocycles. The number of rotatable bonds is 9. The number of carbonyl (C=O) groups is 2. The number of aryl methyl sites for hydroxylation is 3. The quantitative estimate of drug-likeness (QED) is 0.353.